The van der Waals surface area contributed by atoms with E-state index >= 15 is 0 Å². The van der Waals surface area contributed by atoms with Crippen LogP contribution in [0.15, 0.2) is 48.6 Å². The van der Waals surface area contributed by atoms with Gasteiger partial charge in [-0.3, -0.25) is 9.59 Å². The van der Waals surface area contributed by atoms with E-state index in [0.29, 0.717) is 22.4 Å². The smallest absolute Gasteiger partial charge is 0.407 e. The lowest BCUT2D eigenvalue weighted by Crippen LogP contribution is -2.33. The summed E-state index contributed by atoms with van der Waals surface area (Å²) in [6, 6.07) is 9.77. The number of hydrogen-bond acceptors (Lipinski definition) is 7. The third kappa shape index (κ3) is 7.79. The summed E-state index contributed by atoms with van der Waals surface area (Å²) >= 11 is 0. The van der Waals surface area contributed by atoms with E-state index in [2.05, 4.69) is 0 Å². The average Bonchev–Trinajstić information content (AvgIpc) is 2.82. The molecule has 0 saturated carbocycles. The van der Waals surface area contributed by atoms with Gasteiger partial charge in [-0.15, -0.1) is 0 Å². The SMILES string of the molecule is COc1cc(/C=C/C(=O)CC(=O)/C=C/c2ccc(CN(CCN)C(=O)O)c(OC)c2)ccc1O. The quantitative estimate of drug-likeness (QED) is 0.319. The molecule has 2 rings (SSSR count). The van der Waals surface area contributed by atoms with E-state index in [1.807, 2.05) is 0 Å². The Bertz CT molecular complexity index is 1090. The lowest BCUT2D eigenvalue weighted by molar-refractivity contribution is -0.121. The first kappa shape index (κ1) is 26.1. The standard InChI is InChI=1S/C25H28N2O7/c1-33-23-13-17(3-7-19(23)16-27(12-11-26)25(31)32)4-8-20(28)15-21(29)9-5-18-6-10-22(30)24(14-18)34-2/h3-10,13-14,30H,11-12,15-16,26H2,1-2H3,(H,31,32)/b8-4+,9-5+. The van der Waals surface area contributed by atoms with Crippen molar-refractivity contribution in [2.24, 2.45) is 5.73 Å². The number of benzene rings is 2. The fraction of sp³-hybridized carbons (Fsp3) is 0.240. The summed E-state index contributed by atoms with van der Waals surface area (Å²) in [7, 11) is 2.90. The fourth-order valence-corrected chi connectivity index (χ4v) is 3.07. The highest BCUT2D eigenvalue weighted by Crippen LogP contribution is 2.27. The number of allylic oxidation sites excluding steroid dienone is 2. The molecule has 1 amide bonds. The van der Waals surface area contributed by atoms with Gasteiger partial charge in [-0.05, 0) is 41.5 Å². The Morgan fingerprint density at radius 3 is 2.03 bits per heavy atom. The molecular formula is C25H28N2O7. The molecule has 0 unspecified atom stereocenters. The molecule has 180 valence electrons. The second kappa shape index (κ2) is 12.8. The summed E-state index contributed by atoms with van der Waals surface area (Å²) in [5.74, 6) is 0.00120. The lowest BCUT2D eigenvalue weighted by atomic mass is 10.1. The number of phenolic OH excluding ortho intramolecular Hbond substituents is 1. The van der Waals surface area contributed by atoms with Crippen LogP contribution in [-0.2, 0) is 16.1 Å². The minimum atomic E-state index is -1.08. The van der Waals surface area contributed by atoms with Gasteiger partial charge in [-0.1, -0.05) is 30.4 Å². The van der Waals surface area contributed by atoms with Crippen LogP contribution in [0.3, 0.4) is 0 Å². The first-order valence-electron chi connectivity index (χ1n) is 10.4. The number of methoxy groups -OCH3 is 2. The van der Waals surface area contributed by atoms with Gasteiger partial charge in [0.2, 0.25) is 0 Å². The predicted molar refractivity (Wildman–Crippen MR) is 128 cm³/mol. The molecule has 0 atom stereocenters. The van der Waals surface area contributed by atoms with Crippen molar-refractivity contribution in [3.05, 3.63) is 65.2 Å². The molecular weight excluding hydrogens is 440 g/mol. The van der Waals surface area contributed by atoms with E-state index in [0.717, 1.165) is 0 Å². The highest BCUT2D eigenvalue weighted by molar-refractivity contribution is 6.10. The van der Waals surface area contributed by atoms with Crippen LogP contribution in [0.2, 0.25) is 0 Å². The van der Waals surface area contributed by atoms with Crippen LogP contribution >= 0.6 is 0 Å². The number of rotatable bonds is 12. The van der Waals surface area contributed by atoms with Crippen molar-refractivity contribution in [1.82, 2.24) is 4.90 Å². The molecule has 2 aromatic rings. The van der Waals surface area contributed by atoms with Crippen molar-refractivity contribution >= 4 is 29.8 Å². The highest BCUT2D eigenvalue weighted by Gasteiger charge is 2.14. The molecule has 4 N–H and O–H groups in total. The Morgan fingerprint density at radius 1 is 0.941 bits per heavy atom. The van der Waals surface area contributed by atoms with Gasteiger partial charge in [-0.25, -0.2) is 4.79 Å². The number of amides is 1. The zero-order chi connectivity index (χ0) is 25.1. The highest BCUT2D eigenvalue weighted by atomic mass is 16.5. The maximum Gasteiger partial charge on any atom is 0.407 e. The molecule has 0 saturated heterocycles. The van der Waals surface area contributed by atoms with Gasteiger partial charge in [0.15, 0.2) is 23.1 Å². The van der Waals surface area contributed by atoms with Crippen LogP contribution in [0, 0.1) is 0 Å². The summed E-state index contributed by atoms with van der Waals surface area (Å²) in [6.07, 6.45) is 4.32. The molecule has 0 aliphatic rings. The van der Waals surface area contributed by atoms with Gasteiger partial charge >= 0.3 is 6.09 Å². The van der Waals surface area contributed by atoms with Crippen molar-refractivity contribution in [3.8, 4) is 17.2 Å². The monoisotopic (exact) mass is 468 g/mol. The van der Waals surface area contributed by atoms with Crippen molar-refractivity contribution < 1.29 is 34.1 Å². The Morgan fingerprint density at radius 2 is 1.50 bits per heavy atom. The number of aromatic hydroxyl groups is 1. The molecule has 0 bridgehead atoms. The van der Waals surface area contributed by atoms with Crippen molar-refractivity contribution in [1.29, 1.82) is 0 Å². The molecule has 0 radical (unpaired) electrons. The number of ether oxygens (including phenoxy) is 2. The average molecular weight is 469 g/mol. The van der Waals surface area contributed by atoms with Crippen LogP contribution in [-0.4, -0.2) is 60.1 Å². The molecule has 0 aliphatic heterocycles. The molecule has 9 nitrogen and oxygen atoms in total. The van der Waals surface area contributed by atoms with Crippen LogP contribution < -0.4 is 15.2 Å². The van der Waals surface area contributed by atoms with E-state index in [9.17, 15) is 24.6 Å². The molecule has 0 heterocycles. The van der Waals surface area contributed by atoms with Crippen LogP contribution in [0.5, 0.6) is 17.2 Å². The van der Waals surface area contributed by atoms with Gasteiger partial charge in [0.05, 0.1) is 27.2 Å². The van der Waals surface area contributed by atoms with E-state index in [4.69, 9.17) is 15.2 Å². The van der Waals surface area contributed by atoms with Gasteiger partial charge in [0, 0.05) is 18.7 Å². The van der Waals surface area contributed by atoms with E-state index < -0.39 is 6.09 Å². The first-order chi connectivity index (χ1) is 16.3. The number of carboxylic acid groups (broad SMARTS) is 1. The fourth-order valence-electron chi connectivity index (χ4n) is 3.07. The van der Waals surface area contributed by atoms with Crippen molar-refractivity contribution in [2.75, 3.05) is 27.3 Å². The van der Waals surface area contributed by atoms with Gasteiger partial charge in [0.1, 0.15) is 5.75 Å². The van der Waals surface area contributed by atoms with E-state index in [-0.39, 0.29) is 49.1 Å². The number of nitrogens with zero attached hydrogens (tertiary/aromatic N) is 1. The second-order valence-electron chi connectivity index (χ2n) is 7.27. The maximum absolute atomic E-state index is 12.2. The summed E-state index contributed by atoms with van der Waals surface area (Å²) < 4.78 is 10.4. The third-order valence-corrected chi connectivity index (χ3v) is 4.82. The topological polar surface area (TPSA) is 139 Å². The van der Waals surface area contributed by atoms with Crippen LogP contribution in [0.4, 0.5) is 4.79 Å². The molecule has 34 heavy (non-hydrogen) atoms. The Kier molecular flexibility index (Phi) is 9.85. The zero-order valence-electron chi connectivity index (χ0n) is 19.1. The largest absolute Gasteiger partial charge is 0.504 e. The second-order valence-corrected chi connectivity index (χ2v) is 7.27. The maximum atomic E-state index is 12.2. The number of ketones is 2. The third-order valence-electron chi connectivity index (χ3n) is 4.82. The molecule has 0 spiro atoms. The molecule has 2 aromatic carbocycles. The van der Waals surface area contributed by atoms with Gasteiger partial charge in [-0.2, -0.15) is 0 Å². The zero-order valence-corrected chi connectivity index (χ0v) is 19.1. The Labute approximate surface area is 197 Å². The number of hydrogen-bond donors (Lipinski definition) is 3. The van der Waals surface area contributed by atoms with Crippen LogP contribution in [0.1, 0.15) is 23.1 Å². The predicted octanol–water partition coefficient (Wildman–Crippen LogP) is 3.10. The van der Waals surface area contributed by atoms with Crippen molar-refractivity contribution in [3.63, 3.8) is 0 Å². The summed E-state index contributed by atoms with van der Waals surface area (Å²) in [5.41, 5.74) is 7.43. The van der Waals surface area contributed by atoms with Crippen LogP contribution in [0.25, 0.3) is 12.2 Å². The Hall–Kier alpha value is -4.11. The summed E-state index contributed by atoms with van der Waals surface area (Å²) in [4.78, 5) is 36.8. The molecule has 0 fully saturated rings. The minimum Gasteiger partial charge on any atom is -0.504 e. The lowest BCUT2D eigenvalue weighted by Gasteiger charge is -2.20. The van der Waals surface area contributed by atoms with Gasteiger partial charge in [0.25, 0.3) is 0 Å². The number of nitrogens with two attached hydrogens (primary N) is 1. The van der Waals surface area contributed by atoms with Gasteiger partial charge < -0.3 is 30.3 Å². The summed E-state index contributed by atoms with van der Waals surface area (Å²) in [5, 5.41) is 18.9. The van der Waals surface area contributed by atoms with E-state index in [1.54, 1.807) is 36.4 Å². The Balaban J connectivity index is 2.00. The minimum absolute atomic E-state index is 0.00859. The number of carbonyl (C=O) groups is 3. The molecule has 9 heteroatoms. The number of phenols is 1. The molecule has 0 aliphatic carbocycles. The van der Waals surface area contributed by atoms with E-state index in [1.165, 1.54) is 43.4 Å². The molecule has 0 aromatic heterocycles. The number of carbonyl (C=O) groups excluding carboxylic acids is 2. The summed E-state index contributed by atoms with van der Waals surface area (Å²) in [6.45, 7) is 0.512. The first-order valence-corrected chi connectivity index (χ1v) is 10.4. The normalized spacial score (nSPS) is 11.0. The van der Waals surface area contributed by atoms with Crippen molar-refractivity contribution in [2.45, 2.75) is 13.0 Å².